The molecule has 1 aliphatic carbocycles. The minimum atomic E-state index is -0.118. The van der Waals surface area contributed by atoms with Gasteiger partial charge in [-0.1, -0.05) is 6.92 Å². The third kappa shape index (κ3) is 4.10. The van der Waals surface area contributed by atoms with Crippen LogP contribution in [0.1, 0.15) is 43.6 Å². The lowest BCUT2D eigenvalue weighted by Crippen LogP contribution is -2.33. The SMILES string of the molecule is CCNc1cnc(C(=O)NC2CCC(SCC)C2)cn1. The van der Waals surface area contributed by atoms with Gasteiger partial charge in [0.2, 0.25) is 0 Å². The molecule has 5 nitrogen and oxygen atoms in total. The summed E-state index contributed by atoms with van der Waals surface area (Å²) >= 11 is 1.99. The lowest BCUT2D eigenvalue weighted by Gasteiger charge is -2.12. The Bertz CT molecular complexity index is 437. The number of hydrogen-bond acceptors (Lipinski definition) is 5. The van der Waals surface area contributed by atoms with Crippen molar-refractivity contribution < 1.29 is 4.79 Å². The number of rotatable bonds is 6. The number of carbonyl (C=O) groups excluding carboxylic acids is 1. The highest BCUT2D eigenvalue weighted by atomic mass is 32.2. The number of amides is 1. The van der Waals surface area contributed by atoms with Crippen LogP contribution in [0.4, 0.5) is 5.82 Å². The fraction of sp³-hybridized carbons (Fsp3) is 0.643. The molecule has 1 aliphatic rings. The first-order valence-electron chi connectivity index (χ1n) is 7.21. The number of nitrogens with zero attached hydrogens (tertiary/aromatic N) is 2. The van der Waals surface area contributed by atoms with Gasteiger partial charge < -0.3 is 10.6 Å². The summed E-state index contributed by atoms with van der Waals surface area (Å²) in [4.78, 5) is 20.4. The number of anilines is 1. The van der Waals surface area contributed by atoms with Gasteiger partial charge in [0, 0.05) is 17.8 Å². The van der Waals surface area contributed by atoms with Gasteiger partial charge in [0.15, 0.2) is 0 Å². The van der Waals surface area contributed by atoms with E-state index in [2.05, 4.69) is 27.5 Å². The highest BCUT2D eigenvalue weighted by molar-refractivity contribution is 7.99. The smallest absolute Gasteiger partial charge is 0.271 e. The molecule has 2 atom stereocenters. The molecule has 1 aromatic rings. The summed E-state index contributed by atoms with van der Waals surface area (Å²) in [5, 5.41) is 6.81. The summed E-state index contributed by atoms with van der Waals surface area (Å²) in [7, 11) is 0. The van der Waals surface area contributed by atoms with Gasteiger partial charge in [0.1, 0.15) is 11.5 Å². The number of thioether (sulfide) groups is 1. The molecule has 1 aromatic heterocycles. The Hall–Kier alpha value is -1.30. The van der Waals surface area contributed by atoms with Gasteiger partial charge in [-0.2, -0.15) is 11.8 Å². The third-order valence-electron chi connectivity index (χ3n) is 3.36. The molecule has 2 rings (SSSR count). The Labute approximate surface area is 124 Å². The number of nitrogens with one attached hydrogen (secondary N) is 2. The maximum atomic E-state index is 12.1. The summed E-state index contributed by atoms with van der Waals surface area (Å²) in [5.74, 6) is 1.72. The quantitative estimate of drug-likeness (QED) is 0.843. The molecule has 110 valence electrons. The topological polar surface area (TPSA) is 66.9 Å². The third-order valence-corrected chi connectivity index (χ3v) is 4.60. The molecule has 1 amide bonds. The number of carbonyl (C=O) groups is 1. The standard InChI is InChI=1S/C14H22N4OS/c1-3-15-13-9-16-12(8-17-13)14(19)18-10-5-6-11(7-10)20-4-2/h8-11H,3-7H2,1-2H3,(H,15,17)(H,18,19). The van der Waals surface area contributed by atoms with Crippen LogP contribution in [0.2, 0.25) is 0 Å². The van der Waals surface area contributed by atoms with Gasteiger partial charge >= 0.3 is 0 Å². The van der Waals surface area contributed by atoms with E-state index in [0.29, 0.717) is 16.8 Å². The normalized spacial score (nSPS) is 21.7. The predicted molar refractivity (Wildman–Crippen MR) is 83.2 cm³/mol. The Morgan fingerprint density at radius 3 is 2.85 bits per heavy atom. The average molecular weight is 294 g/mol. The summed E-state index contributed by atoms with van der Waals surface area (Å²) in [6.07, 6.45) is 6.44. The van der Waals surface area contributed by atoms with Crippen LogP contribution < -0.4 is 10.6 Å². The van der Waals surface area contributed by atoms with Gasteiger partial charge in [-0.15, -0.1) is 0 Å². The minimum Gasteiger partial charge on any atom is -0.369 e. The molecule has 1 heterocycles. The van der Waals surface area contributed by atoms with Gasteiger partial charge in [-0.05, 0) is 31.9 Å². The van der Waals surface area contributed by atoms with Crippen molar-refractivity contribution in [3.63, 3.8) is 0 Å². The maximum Gasteiger partial charge on any atom is 0.271 e. The fourth-order valence-electron chi connectivity index (χ4n) is 2.44. The van der Waals surface area contributed by atoms with Crippen molar-refractivity contribution in [2.75, 3.05) is 17.6 Å². The molecule has 0 bridgehead atoms. The largest absolute Gasteiger partial charge is 0.369 e. The van der Waals surface area contributed by atoms with E-state index in [0.717, 1.165) is 25.1 Å². The minimum absolute atomic E-state index is 0.118. The van der Waals surface area contributed by atoms with Crippen molar-refractivity contribution in [2.24, 2.45) is 0 Å². The first-order chi connectivity index (χ1) is 9.72. The Kier molecular flexibility index (Phi) is 5.64. The number of aromatic nitrogens is 2. The average Bonchev–Trinajstić information content (AvgIpc) is 2.88. The van der Waals surface area contributed by atoms with E-state index in [-0.39, 0.29) is 11.9 Å². The van der Waals surface area contributed by atoms with E-state index in [4.69, 9.17) is 0 Å². The van der Waals surface area contributed by atoms with E-state index in [1.807, 2.05) is 18.7 Å². The molecule has 0 radical (unpaired) electrons. The van der Waals surface area contributed by atoms with Crippen molar-refractivity contribution >= 4 is 23.5 Å². The zero-order valence-electron chi connectivity index (χ0n) is 12.1. The summed E-state index contributed by atoms with van der Waals surface area (Å²) < 4.78 is 0. The van der Waals surface area contributed by atoms with Crippen LogP contribution in [0.3, 0.4) is 0 Å². The molecule has 0 aliphatic heterocycles. The van der Waals surface area contributed by atoms with Crippen LogP contribution in [0.5, 0.6) is 0 Å². The monoisotopic (exact) mass is 294 g/mol. The van der Waals surface area contributed by atoms with Gasteiger partial charge in [0.25, 0.3) is 5.91 Å². The van der Waals surface area contributed by atoms with E-state index in [1.165, 1.54) is 12.6 Å². The number of hydrogen-bond donors (Lipinski definition) is 2. The van der Waals surface area contributed by atoms with Crippen molar-refractivity contribution in [2.45, 2.75) is 44.4 Å². The van der Waals surface area contributed by atoms with Crippen LogP contribution in [0.15, 0.2) is 12.4 Å². The molecule has 1 fully saturated rings. The predicted octanol–water partition coefficient (Wildman–Crippen LogP) is 2.31. The molecule has 0 aromatic carbocycles. The van der Waals surface area contributed by atoms with E-state index >= 15 is 0 Å². The van der Waals surface area contributed by atoms with E-state index in [1.54, 1.807) is 6.20 Å². The van der Waals surface area contributed by atoms with Crippen LogP contribution in [-0.4, -0.2) is 39.5 Å². The van der Waals surface area contributed by atoms with Crippen LogP contribution >= 0.6 is 11.8 Å². The summed E-state index contributed by atoms with van der Waals surface area (Å²) in [6, 6.07) is 0.279. The first-order valence-corrected chi connectivity index (χ1v) is 8.26. The Balaban J connectivity index is 1.85. The van der Waals surface area contributed by atoms with E-state index < -0.39 is 0 Å². The summed E-state index contributed by atoms with van der Waals surface area (Å²) in [5.41, 5.74) is 0.387. The molecule has 6 heteroatoms. The molecule has 0 saturated heterocycles. The van der Waals surface area contributed by atoms with Gasteiger partial charge in [0.05, 0.1) is 12.4 Å². The molecule has 2 N–H and O–H groups in total. The highest BCUT2D eigenvalue weighted by Crippen LogP contribution is 2.29. The molecule has 0 spiro atoms. The van der Waals surface area contributed by atoms with Crippen molar-refractivity contribution in [1.29, 1.82) is 0 Å². The van der Waals surface area contributed by atoms with Crippen LogP contribution in [0.25, 0.3) is 0 Å². The summed E-state index contributed by atoms with van der Waals surface area (Å²) in [6.45, 7) is 4.96. The Morgan fingerprint density at radius 1 is 1.35 bits per heavy atom. The molecular weight excluding hydrogens is 272 g/mol. The second-order valence-corrected chi connectivity index (χ2v) is 6.46. The Morgan fingerprint density at radius 2 is 2.20 bits per heavy atom. The van der Waals surface area contributed by atoms with Crippen molar-refractivity contribution in [3.05, 3.63) is 18.1 Å². The second kappa shape index (κ2) is 7.47. The maximum absolute atomic E-state index is 12.1. The fourth-order valence-corrected chi connectivity index (χ4v) is 3.58. The lowest BCUT2D eigenvalue weighted by atomic mass is 10.2. The van der Waals surface area contributed by atoms with Gasteiger partial charge in [-0.3, -0.25) is 4.79 Å². The zero-order chi connectivity index (χ0) is 14.4. The zero-order valence-corrected chi connectivity index (χ0v) is 12.9. The van der Waals surface area contributed by atoms with Crippen molar-refractivity contribution in [1.82, 2.24) is 15.3 Å². The highest BCUT2D eigenvalue weighted by Gasteiger charge is 2.26. The molecular formula is C14H22N4OS. The van der Waals surface area contributed by atoms with E-state index in [9.17, 15) is 4.79 Å². The first kappa shape index (κ1) is 15.1. The van der Waals surface area contributed by atoms with Crippen molar-refractivity contribution in [3.8, 4) is 0 Å². The van der Waals surface area contributed by atoms with Gasteiger partial charge in [-0.25, -0.2) is 9.97 Å². The molecule has 20 heavy (non-hydrogen) atoms. The lowest BCUT2D eigenvalue weighted by molar-refractivity contribution is 0.0932. The van der Waals surface area contributed by atoms with Crippen LogP contribution in [-0.2, 0) is 0 Å². The molecule has 1 saturated carbocycles. The van der Waals surface area contributed by atoms with Crippen LogP contribution in [0, 0.1) is 0 Å². The molecule has 2 unspecified atom stereocenters. The second-order valence-electron chi connectivity index (χ2n) is 4.88.